The molecule has 2 aliphatic heterocycles. The van der Waals surface area contributed by atoms with Gasteiger partial charge in [-0.25, -0.2) is 28.8 Å². The molecule has 2 saturated heterocycles. The predicted octanol–water partition coefficient (Wildman–Crippen LogP) is 6.77. The van der Waals surface area contributed by atoms with Crippen LogP contribution in [0.2, 0.25) is 0 Å². The summed E-state index contributed by atoms with van der Waals surface area (Å²) in [6, 6.07) is 46.7. The first kappa shape index (κ1) is 55.6. The van der Waals surface area contributed by atoms with Crippen LogP contribution in [0.25, 0.3) is 0 Å². The first-order valence-corrected chi connectivity index (χ1v) is 24.8. The van der Waals surface area contributed by atoms with E-state index in [2.05, 4.69) is 0 Å². The molecule has 2 fully saturated rings. The van der Waals surface area contributed by atoms with Crippen molar-refractivity contribution < 1.29 is 90.8 Å². The lowest BCUT2D eigenvalue weighted by Crippen LogP contribution is -2.67. The number of methoxy groups -OCH3 is 1. The molecule has 78 heavy (non-hydrogen) atoms. The van der Waals surface area contributed by atoms with Gasteiger partial charge in [-0.2, -0.15) is 0 Å². The number of ether oxygens (including phenoxy) is 11. The van der Waals surface area contributed by atoms with Crippen molar-refractivity contribution in [1.82, 2.24) is 0 Å². The third kappa shape index (κ3) is 14.7. The number of rotatable bonds is 21. The molecule has 10 atom stereocenters. The van der Waals surface area contributed by atoms with Crippen molar-refractivity contribution in [2.75, 3.05) is 26.9 Å². The van der Waals surface area contributed by atoms with E-state index in [0.29, 0.717) is 0 Å². The number of benzene rings is 6. The Bertz CT molecular complexity index is 2930. The zero-order valence-electron chi connectivity index (χ0n) is 41.9. The third-order valence-electron chi connectivity index (χ3n) is 12.3. The molecular formula is C59H54O19. The summed E-state index contributed by atoms with van der Waals surface area (Å²) in [6.07, 6.45) is -18.1. The van der Waals surface area contributed by atoms with Crippen LogP contribution in [0, 0.1) is 0 Å². The average Bonchev–Trinajstić information content (AvgIpc) is 3.57. The van der Waals surface area contributed by atoms with E-state index in [-0.39, 0.29) is 52.8 Å². The van der Waals surface area contributed by atoms with Crippen molar-refractivity contribution in [1.29, 1.82) is 0 Å². The summed E-state index contributed by atoms with van der Waals surface area (Å²) < 4.78 is 67.1. The summed E-state index contributed by atoms with van der Waals surface area (Å²) in [5.41, 5.74) is 0.406. The summed E-state index contributed by atoms with van der Waals surface area (Å²) in [6.45, 7) is -1.63. The Morgan fingerprint density at radius 3 is 1.14 bits per heavy atom. The van der Waals surface area contributed by atoms with Crippen LogP contribution in [0.1, 0.15) is 75.0 Å². The topological polar surface area (TPSA) is 241 Å². The molecule has 0 radical (unpaired) electrons. The predicted molar refractivity (Wildman–Crippen MR) is 271 cm³/mol. The number of carbonyl (C=O) groups is 7. The van der Waals surface area contributed by atoms with Gasteiger partial charge in [0.2, 0.25) is 0 Å². The van der Waals surface area contributed by atoms with E-state index in [4.69, 9.17) is 52.1 Å². The molecule has 404 valence electrons. The quantitative estimate of drug-likeness (QED) is 0.0444. The highest BCUT2D eigenvalue weighted by Gasteiger charge is 2.57. The Hall–Kier alpha value is -8.59. The first-order chi connectivity index (χ1) is 38.0. The Morgan fingerprint density at radius 1 is 0.410 bits per heavy atom. The molecule has 0 amide bonds. The second kappa shape index (κ2) is 27.5. The molecule has 8 rings (SSSR count). The smallest absolute Gasteiger partial charge is 0.338 e. The van der Waals surface area contributed by atoms with E-state index in [1.807, 2.05) is 0 Å². The number of hydrogen-bond donors (Lipinski definition) is 1. The highest BCUT2D eigenvalue weighted by molar-refractivity contribution is 5.92. The molecule has 19 heteroatoms. The SMILES string of the molecule is COC(=O)CCCO[C@@H]1O[C@H](COC(=O)c2ccccc2)[C@@H](O[C@@H]2O[C@H](COC(=O)c3ccccc3)[C@H](O)[C@H](OC(=O)c3ccccc3)[C@H]2OC(=O)c2ccccc2)[C@H](OC(=O)c2ccccc2)[C@H]1OC(=O)c1ccccc1. The number of hydrogen-bond acceptors (Lipinski definition) is 19. The molecule has 0 saturated carbocycles. The molecule has 0 spiro atoms. The van der Waals surface area contributed by atoms with Crippen LogP contribution in [0.4, 0.5) is 0 Å². The molecule has 1 N–H and O–H groups in total. The molecular weight excluding hydrogens is 1010 g/mol. The standard InChI is InChI=1S/C59H54O19/c1-68-45(60)33-20-34-69-58-51(77-57(67)42-31-18-7-19-32-42)49(75-55(65)40-27-14-5-15-28-40)47(44(73-58)36-71-53(63)38-23-10-3-11-24-38)78-59-50(76-56(66)41-29-16-6-17-30-41)48(74-54(64)39-25-12-4-13-26-39)46(61)43(72-59)35-70-52(62)37-21-8-2-9-22-37/h2-19,21-32,43-44,46-51,58-59,61H,20,33-36H2,1H3/t43-,44-,46+,47-,48+,49+,50-,51-,58-,59+/m1/s1. The number of aliphatic hydroxyl groups excluding tert-OH is 1. The van der Waals surface area contributed by atoms with Crippen molar-refractivity contribution in [3.8, 4) is 0 Å². The molecule has 19 nitrogen and oxygen atoms in total. The fourth-order valence-corrected chi connectivity index (χ4v) is 8.34. The summed E-state index contributed by atoms with van der Waals surface area (Å²) >= 11 is 0. The molecule has 0 aliphatic carbocycles. The average molecular weight is 1070 g/mol. The minimum Gasteiger partial charge on any atom is -0.469 e. The number of esters is 7. The van der Waals surface area contributed by atoms with Crippen LogP contribution < -0.4 is 0 Å². The summed E-state index contributed by atoms with van der Waals surface area (Å²) in [5.74, 6) is -6.12. The molecule has 0 bridgehead atoms. The molecule has 0 aromatic heterocycles. The number of aliphatic hydroxyl groups is 1. The largest absolute Gasteiger partial charge is 0.469 e. The molecule has 6 aromatic carbocycles. The summed E-state index contributed by atoms with van der Waals surface area (Å²) in [4.78, 5) is 96.2. The molecule has 2 heterocycles. The van der Waals surface area contributed by atoms with Gasteiger partial charge < -0.3 is 57.2 Å². The van der Waals surface area contributed by atoms with E-state index in [1.165, 1.54) is 79.9 Å². The molecule has 0 unspecified atom stereocenters. The Morgan fingerprint density at radius 2 is 0.744 bits per heavy atom. The lowest BCUT2D eigenvalue weighted by Gasteiger charge is -2.48. The third-order valence-corrected chi connectivity index (χ3v) is 12.3. The minimum atomic E-state index is -2.02. The highest BCUT2D eigenvalue weighted by Crippen LogP contribution is 2.36. The minimum absolute atomic E-state index is 0.0132. The van der Waals surface area contributed by atoms with Gasteiger partial charge in [0, 0.05) is 6.42 Å². The zero-order chi connectivity index (χ0) is 54.8. The highest BCUT2D eigenvalue weighted by atomic mass is 16.8. The maximum Gasteiger partial charge on any atom is 0.338 e. The summed E-state index contributed by atoms with van der Waals surface area (Å²) in [5, 5.41) is 12.2. The van der Waals surface area contributed by atoms with Gasteiger partial charge in [0.1, 0.15) is 37.6 Å². The van der Waals surface area contributed by atoms with Gasteiger partial charge in [0.15, 0.2) is 37.0 Å². The van der Waals surface area contributed by atoms with E-state index in [0.717, 1.165) is 0 Å². The van der Waals surface area contributed by atoms with Gasteiger partial charge in [-0.15, -0.1) is 0 Å². The van der Waals surface area contributed by atoms with Gasteiger partial charge in [-0.05, 0) is 79.2 Å². The maximum absolute atomic E-state index is 14.4. The normalized spacial score (nSPS) is 22.6. The van der Waals surface area contributed by atoms with Crippen LogP contribution in [-0.4, -0.2) is 135 Å². The Balaban J connectivity index is 1.25. The monoisotopic (exact) mass is 1070 g/mol. The lowest BCUT2D eigenvalue weighted by molar-refractivity contribution is -0.356. The van der Waals surface area contributed by atoms with Gasteiger partial charge in [-0.1, -0.05) is 109 Å². The van der Waals surface area contributed by atoms with Crippen LogP contribution >= 0.6 is 0 Å². The Kier molecular flexibility index (Phi) is 19.6. The van der Waals surface area contributed by atoms with Crippen molar-refractivity contribution >= 4 is 41.8 Å². The van der Waals surface area contributed by atoms with E-state index >= 15 is 0 Å². The summed E-state index contributed by atoms with van der Waals surface area (Å²) in [7, 11) is 1.22. The van der Waals surface area contributed by atoms with E-state index < -0.39 is 116 Å². The lowest BCUT2D eigenvalue weighted by atomic mass is 9.95. The van der Waals surface area contributed by atoms with E-state index in [1.54, 1.807) is 109 Å². The van der Waals surface area contributed by atoms with Gasteiger partial charge >= 0.3 is 41.8 Å². The second-order valence-electron chi connectivity index (χ2n) is 17.6. The van der Waals surface area contributed by atoms with Crippen LogP contribution in [-0.2, 0) is 56.9 Å². The van der Waals surface area contributed by atoms with Crippen molar-refractivity contribution in [3.05, 3.63) is 215 Å². The molecule has 6 aromatic rings. The van der Waals surface area contributed by atoms with Crippen molar-refractivity contribution in [3.63, 3.8) is 0 Å². The van der Waals surface area contributed by atoms with Gasteiger partial charge in [0.05, 0.1) is 47.1 Å². The van der Waals surface area contributed by atoms with Crippen LogP contribution in [0.5, 0.6) is 0 Å². The maximum atomic E-state index is 14.4. The fourth-order valence-electron chi connectivity index (χ4n) is 8.34. The molecule has 2 aliphatic rings. The van der Waals surface area contributed by atoms with Crippen molar-refractivity contribution in [2.24, 2.45) is 0 Å². The fraction of sp³-hybridized carbons (Fsp3) is 0.271. The van der Waals surface area contributed by atoms with Crippen LogP contribution in [0.3, 0.4) is 0 Å². The first-order valence-electron chi connectivity index (χ1n) is 24.8. The number of carbonyl (C=O) groups excluding carboxylic acids is 7. The van der Waals surface area contributed by atoms with Crippen LogP contribution in [0.15, 0.2) is 182 Å². The second-order valence-corrected chi connectivity index (χ2v) is 17.6. The van der Waals surface area contributed by atoms with Gasteiger partial charge in [0.25, 0.3) is 0 Å². The van der Waals surface area contributed by atoms with E-state index in [9.17, 15) is 38.7 Å². The Labute approximate surface area is 447 Å². The van der Waals surface area contributed by atoms with Gasteiger partial charge in [-0.3, -0.25) is 4.79 Å². The zero-order valence-corrected chi connectivity index (χ0v) is 41.9. The van der Waals surface area contributed by atoms with Crippen molar-refractivity contribution in [2.45, 2.75) is 74.3 Å².